The van der Waals surface area contributed by atoms with E-state index in [0.29, 0.717) is 5.69 Å². The Labute approximate surface area is 118 Å². The molecule has 2 N–H and O–H groups in total. The number of rotatable bonds is 3. The Morgan fingerprint density at radius 1 is 1.15 bits per heavy atom. The number of halogens is 3. The smallest absolute Gasteiger partial charge is 0.198 e. The molecule has 3 nitrogen and oxygen atoms in total. The molecule has 0 unspecified atom stereocenters. The molecular weight excluding hydrogens is 288 g/mol. The SMILES string of the molecule is COc1ccc(N)cc1C(=O)c1cc(F)c(F)cc1Cl. The lowest BCUT2D eigenvalue weighted by atomic mass is 10.0. The summed E-state index contributed by atoms with van der Waals surface area (Å²) in [6, 6.07) is 5.96. The minimum atomic E-state index is -1.15. The van der Waals surface area contributed by atoms with E-state index in [0.717, 1.165) is 12.1 Å². The number of hydrogen-bond acceptors (Lipinski definition) is 3. The highest BCUT2D eigenvalue weighted by molar-refractivity contribution is 6.35. The van der Waals surface area contributed by atoms with E-state index in [1.807, 2.05) is 0 Å². The molecule has 0 saturated carbocycles. The van der Waals surface area contributed by atoms with Crippen molar-refractivity contribution in [1.82, 2.24) is 0 Å². The number of methoxy groups -OCH3 is 1. The van der Waals surface area contributed by atoms with Gasteiger partial charge in [-0.15, -0.1) is 0 Å². The first kappa shape index (κ1) is 14.3. The Morgan fingerprint density at radius 2 is 1.80 bits per heavy atom. The lowest BCUT2D eigenvalue weighted by Crippen LogP contribution is -2.07. The largest absolute Gasteiger partial charge is 0.496 e. The van der Waals surface area contributed by atoms with Crippen LogP contribution in [0.5, 0.6) is 5.75 Å². The average molecular weight is 298 g/mol. The van der Waals surface area contributed by atoms with Gasteiger partial charge in [0.05, 0.1) is 17.7 Å². The fourth-order valence-electron chi connectivity index (χ4n) is 1.74. The molecule has 0 saturated heterocycles. The number of ketones is 1. The summed E-state index contributed by atoms with van der Waals surface area (Å²) in [5, 5.41) is -0.182. The van der Waals surface area contributed by atoms with Crippen molar-refractivity contribution in [2.45, 2.75) is 0 Å². The van der Waals surface area contributed by atoms with E-state index in [4.69, 9.17) is 22.1 Å². The predicted octanol–water partition coefficient (Wildman–Crippen LogP) is 3.44. The third-order valence-electron chi connectivity index (χ3n) is 2.72. The van der Waals surface area contributed by atoms with Crippen molar-refractivity contribution < 1.29 is 18.3 Å². The third-order valence-corrected chi connectivity index (χ3v) is 3.04. The number of nitrogen functional groups attached to an aromatic ring is 1. The normalized spacial score (nSPS) is 10.4. The van der Waals surface area contributed by atoms with E-state index in [1.54, 1.807) is 6.07 Å². The molecular formula is C14H10ClF2NO2. The van der Waals surface area contributed by atoms with E-state index in [1.165, 1.54) is 19.2 Å². The molecule has 0 heterocycles. The maximum absolute atomic E-state index is 13.3. The molecule has 0 aliphatic rings. The zero-order chi connectivity index (χ0) is 14.9. The minimum Gasteiger partial charge on any atom is -0.496 e. The van der Waals surface area contributed by atoms with Crippen LogP contribution in [0.15, 0.2) is 30.3 Å². The topological polar surface area (TPSA) is 52.3 Å². The van der Waals surface area contributed by atoms with E-state index in [9.17, 15) is 13.6 Å². The maximum atomic E-state index is 13.3. The van der Waals surface area contributed by atoms with Crippen LogP contribution in [0, 0.1) is 11.6 Å². The lowest BCUT2D eigenvalue weighted by molar-refractivity contribution is 0.103. The van der Waals surface area contributed by atoms with Gasteiger partial charge in [0, 0.05) is 11.3 Å². The number of anilines is 1. The summed E-state index contributed by atoms with van der Waals surface area (Å²) in [6.07, 6.45) is 0. The monoisotopic (exact) mass is 297 g/mol. The summed E-state index contributed by atoms with van der Waals surface area (Å²) in [6.45, 7) is 0. The molecule has 104 valence electrons. The summed E-state index contributed by atoms with van der Waals surface area (Å²) in [5.41, 5.74) is 5.92. The third kappa shape index (κ3) is 2.58. The number of carbonyl (C=O) groups excluding carboxylic acids is 1. The summed E-state index contributed by atoms with van der Waals surface area (Å²) in [4.78, 5) is 12.4. The molecule has 0 aliphatic heterocycles. The average Bonchev–Trinajstić information content (AvgIpc) is 2.42. The van der Waals surface area contributed by atoms with Gasteiger partial charge in [0.2, 0.25) is 0 Å². The highest BCUT2D eigenvalue weighted by atomic mass is 35.5. The first-order valence-corrected chi connectivity index (χ1v) is 5.94. The van der Waals surface area contributed by atoms with Crippen molar-refractivity contribution in [3.05, 3.63) is 58.1 Å². The lowest BCUT2D eigenvalue weighted by Gasteiger charge is -2.10. The van der Waals surface area contributed by atoms with Crippen molar-refractivity contribution in [2.75, 3.05) is 12.8 Å². The number of hydrogen-bond donors (Lipinski definition) is 1. The Balaban J connectivity index is 2.57. The molecule has 2 aromatic rings. The minimum absolute atomic E-state index is 0.125. The van der Waals surface area contributed by atoms with Crippen LogP contribution in [0.3, 0.4) is 0 Å². The van der Waals surface area contributed by atoms with Crippen molar-refractivity contribution >= 4 is 23.1 Å². The summed E-state index contributed by atoms with van der Waals surface area (Å²) in [5.74, 6) is -2.60. The Kier molecular flexibility index (Phi) is 3.90. The maximum Gasteiger partial charge on any atom is 0.198 e. The van der Waals surface area contributed by atoms with Crippen LogP contribution in [0.1, 0.15) is 15.9 Å². The van der Waals surface area contributed by atoms with Crippen LogP contribution in [-0.2, 0) is 0 Å². The Morgan fingerprint density at radius 3 is 2.45 bits per heavy atom. The van der Waals surface area contributed by atoms with Crippen LogP contribution in [0.2, 0.25) is 5.02 Å². The summed E-state index contributed by atoms with van der Waals surface area (Å²) < 4.78 is 31.3. The molecule has 20 heavy (non-hydrogen) atoms. The van der Waals surface area contributed by atoms with E-state index in [2.05, 4.69) is 0 Å². The molecule has 0 aliphatic carbocycles. The van der Waals surface area contributed by atoms with Gasteiger partial charge in [0.25, 0.3) is 0 Å². The predicted molar refractivity (Wildman–Crippen MR) is 72.2 cm³/mol. The van der Waals surface area contributed by atoms with Gasteiger partial charge < -0.3 is 10.5 Å². The van der Waals surface area contributed by atoms with Crippen LogP contribution >= 0.6 is 11.6 Å². The Bertz CT molecular complexity index is 689. The number of nitrogens with two attached hydrogens (primary N) is 1. The second-order valence-corrected chi connectivity index (χ2v) is 4.44. The van der Waals surface area contributed by atoms with Gasteiger partial charge >= 0.3 is 0 Å². The molecule has 0 radical (unpaired) electrons. The van der Waals surface area contributed by atoms with E-state index < -0.39 is 17.4 Å². The van der Waals surface area contributed by atoms with E-state index in [-0.39, 0.29) is 21.9 Å². The molecule has 2 aromatic carbocycles. The van der Waals surface area contributed by atoms with Gasteiger partial charge in [-0.2, -0.15) is 0 Å². The fraction of sp³-hybridized carbons (Fsp3) is 0.0714. The van der Waals surface area contributed by atoms with Gasteiger partial charge in [-0.25, -0.2) is 8.78 Å². The van der Waals surface area contributed by atoms with Crippen LogP contribution in [0.4, 0.5) is 14.5 Å². The molecule has 0 fully saturated rings. The highest BCUT2D eigenvalue weighted by Crippen LogP contribution is 2.28. The molecule has 0 bridgehead atoms. The summed E-state index contributed by atoms with van der Waals surface area (Å²) >= 11 is 5.78. The first-order valence-electron chi connectivity index (χ1n) is 5.56. The Hall–Kier alpha value is -2.14. The zero-order valence-electron chi connectivity index (χ0n) is 10.4. The van der Waals surface area contributed by atoms with Crippen molar-refractivity contribution in [2.24, 2.45) is 0 Å². The number of carbonyl (C=O) groups is 1. The zero-order valence-corrected chi connectivity index (χ0v) is 11.2. The van der Waals surface area contributed by atoms with Crippen LogP contribution in [-0.4, -0.2) is 12.9 Å². The van der Waals surface area contributed by atoms with Crippen LogP contribution < -0.4 is 10.5 Å². The van der Waals surface area contributed by atoms with Gasteiger partial charge in [-0.1, -0.05) is 11.6 Å². The number of benzene rings is 2. The van der Waals surface area contributed by atoms with Crippen molar-refractivity contribution in [3.8, 4) is 5.75 Å². The van der Waals surface area contributed by atoms with Gasteiger partial charge in [0.15, 0.2) is 17.4 Å². The standard InChI is InChI=1S/C14H10ClF2NO2/c1-20-13-3-2-7(18)4-9(13)14(19)8-5-11(16)12(17)6-10(8)15/h2-6H,18H2,1H3. The quantitative estimate of drug-likeness (QED) is 0.536. The molecule has 0 atom stereocenters. The van der Waals surface area contributed by atoms with Crippen molar-refractivity contribution in [1.29, 1.82) is 0 Å². The summed E-state index contributed by atoms with van der Waals surface area (Å²) in [7, 11) is 1.38. The second kappa shape index (κ2) is 5.46. The van der Waals surface area contributed by atoms with Crippen LogP contribution in [0.25, 0.3) is 0 Å². The van der Waals surface area contributed by atoms with Crippen molar-refractivity contribution in [3.63, 3.8) is 0 Å². The molecule has 2 rings (SSSR count). The number of ether oxygens (including phenoxy) is 1. The second-order valence-electron chi connectivity index (χ2n) is 4.04. The first-order chi connectivity index (χ1) is 9.43. The van der Waals surface area contributed by atoms with Gasteiger partial charge in [-0.3, -0.25) is 4.79 Å². The molecule has 0 amide bonds. The van der Waals surface area contributed by atoms with Gasteiger partial charge in [-0.05, 0) is 30.3 Å². The highest BCUT2D eigenvalue weighted by Gasteiger charge is 2.20. The van der Waals surface area contributed by atoms with Gasteiger partial charge in [0.1, 0.15) is 5.75 Å². The molecule has 0 aromatic heterocycles. The molecule has 6 heteroatoms. The van der Waals surface area contributed by atoms with E-state index >= 15 is 0 Å². The molecule has 0 spiro atoms. The fourth-order valence-corrected chi connectivity index (χ4v) is 1.98.